The smallest absolute Gasteiger partial charge is 0.336 e. The number of aromatic carboxylic acids is 1. The number of carboxylic acid groups (broad SMARTS) is 1. The summed E-state index contributed by atoms with van der Waals surface area (Å²) in [5.74, 6) is 0.117. The first kappa shape index (κ1) is 22.3. The lowest BCUT2D eigenvalue weighted by Gasteiger charge is -2.15. The predicted molar refractivity (Wildman–Crippen MR) is 130 cm³/mol. The number of hydrogen-bond donors (Lipinski definition) is 3. The lowest BCUT2D eigenvalue weighted by atomic mass is 9.89. The van der Waals surface area contributed by atoms with E-state index in [9.17, 15) is 9.90 Å². The minimum atomic E-state index is -0.933. The lowest BCUT2D eigenvalue weighted by Crippen LogP contribution is -2.18. The first-order chi connectivity index (χ1) is 14.0. The Kier molecular flexibility index (Phi) is 5.95. The topological polar surface area (TPSA) is 114 Å². The Morgan fingerprint density at radius 1 is 0.767 bits per heavy atom. The zero-order valence-corrected chi connectivity index (χ0v) is 20.4. The summed E-state index contributed by atoms with van der Waals surface area (Å²) in [6, 6.07) is 0. The van der Waals surface area contributed by atoms with Gasteiger partial charge in [0.15, 0.2) is 0 Å². The molecule has 0 saturated carbocycles. The molecule has 2 heterocycles. The van der Waals surface area contributed by atoms with Crippen LogP contribution >= 0.6 is 22.6 Å². The Labute approximate surface area is 190 Å². The Balaban J connectivity index is 0.000000172. The van der Waals surface area contributed by atoms with Crippen molar-refractivity contribution in [2.45, 2.75) is 54.6 Å². The standard InChI is InChI=1S/C12H14N2O2.C11H13IN2/c1-5-6(2)8-4-14-11(13)10(8)9(7(5)3)12(15)16;1-5-6(2)8-4-14-11(13)9(8)10(12)7(5)3/h4H2,1-3H3,(H2,13,14)(H,15,16);4H2,1-3H3,(H2,13,14). The van der Waals surface area contributed by atoms with Gasteiger partial charge in [0.05, 0.1) is 18.7 Å². The molecule has 2 aromatic carbocycles. The van der Waals surface area contributed by atoms with Gasteiger partial charge in [0, 0.05) is 14.7 Å². The van der Waals surface area contributed by atoms with E-state index in [0.717, 1.165) is 28.8 Å². The molecule has 158 valence electrons. The molecule has 0 saturated heterocycles. The summed E-state index contributed by atoms with van der Waals surface area (Å²) in [5, 5.41) is 9.25. The number of nitrogens with zero attached hydrogens (tertiary/aromatic N) is 2. The second kappa shape index (κ2) is 8.02. The number of nitrogens with two attached hydrogens (primary N) is 2. The summed E-state index contributed by atoms with van der Waals surface area (Å²) in [6.45, 7) is 13.5. The van der Waals surface area contributed by atoms with E-state index in [1.807, 2.05) is 20.8 Å². The van der Waals surface area contributed by atoms with Crippen LogP contribution in [0.25, 0.3) is 0 Å². The van der Waals surface area contributed by atoms with Gasteiger partial charge in [-0.2, -0.15) is 0 Å². The quantitative estimate of drug-likeness (QED) is 0.496. The molecule has 0 amide bonds. The highest BCUT2D eigenvalue weighted by molar-refractivity contribution is 14.1. The van der Waals surface area contributed by atoms with Gasteiger partial charge in [0.25, 0.3) is 0 Å². The van der Waals surface area contributed by atoms with Gasteiger partial charge in [-0.1, -0.05) is 0 Å². The maximum absolute atomic E-state index is 11.3. The molecule has 2 aromatic rings. The van der Waals surface area contributed by atoms with E-state index >= 15 is 0 Å². The summed E-state index contributed by atoms with van der Waals surface area (Å²) in [7, 11) is 0. The van der Waals surface area contributed by atoms with E-state index in [0.29, 0.717) is 29.3 Å². The molecule has 0 unspecified atom stereocenters. The molecule has 0 spiro atoms. The van der Waals surface area contributed by atoms with Crippen molar-refractivity contribution in [1.29, 1.82) is 0 Å². The average Bonchev–Trinajstić information content (AvgIpc) is 3.27. The molecule has 30 heavy (non-hydrogen) atoms. The van der Waals surface area contributed by atoms with Crippen molar-refractivity contribution >= 4 is 40.2 Å². The number of benzene rings is 2. The molecule has 0 aromatic heterocycles. The maximum Gasteiger partial charge on any atom is 0.336 e. The number of carboxylic acids is 1. The molecule has 2 aliphatic heterocycles. The van der Waals surface area contributed by atoms with E-state index < -0.39 is 5.97 Å². The fourth-order valence-electron chi connectivity index (χ4n) is 4.10. The summed E-state index contributed by atoms with van der Waals surface area (Å²) >= 11 is 2.37. The van der Waals surface area contributed by atoms with E-state index in [4.69, 9.17) is 11.5 Å². The Morgan fingerprint density at radius 3 is 1.70 bits per heavy atom. The second-order valence-corrected chi connectivity index (χ2v) is 8.93. The summed E-state index contributed by atoms with van der Waals surface area (Å²) in [5.41, 5.74) is 23.0. The summed E-state index contributed by atoms with van der Waals surface area (Å²) in [4.78, 5) is 19.7. The minimum absolute atomic E-state index is 0.303. The fourth-order valence-corrected chi connectivity index (χ4v) is 5.11. The van der Waals surface area contributed by atoms with E-state index in [2.05, 4.69) is 53.3 Å². The van der Waals surface area contributed by atoms with E-state index in [1.54, 1.807) is 0 Å². The van der Waals surface area contributed by atoms with Crippen LogP contribution in [0.5, 0.6) is 0 Å². The highest BCUT2D eigenvalue weighted by Gasteiger charge is 2.27. The summed E-state index contributed by atoms with van der Waals surface area (Å²) in [6.07, 6.45) is 0. The van der Waals surface area contributed by atoms with Crippen molar-refractivity contribution in [2.24, 2.45) is 21.5 Å². The average molecular weight is 518 g/mol. The van der Waals surface area contributed by atoms with Gasteiger partial charge in [0.2, 0.25) is 0 Å². The Morgan fingerprint density at radius 2 is 1.20 bits per heavy atom. The van der Waals surface area contributed by atoms with Gasteiger partial charge in [0.1, 0.15) is 11.7 Å². The van der Waals surface area contributed by atoms with Crippen molar-refractivity contribution < 1.29 is 9.90 Å². The van der Waals surface area contributed by atoms with Crippen molar-refractivity contribution in [3.05, 3.63) is 64.8 Å². The second-order valence-electron chi connectivity index (χ2n) is 7.85. The van der Waals surface area contributed by atoms with Crippen LogP contribution in [0.15, 0.2) is 9.98 Å². The zero-order chi connectivity index (χ0) is 22.5. The number of rotatable bonds is 1. The molecular formula is C23H27IN4O2. The van der Waals surface area contributed by atoms with Crippen molar-refractivity contribution in [1.82, 2.24) is 0 Å². The van der Waals surface area contributed by atoms with Gasteiger partial charge in [-0.15, -0.1) is 0 Å². The lowest BCUT2D eigenvalue weighted by molar-refractivity contribution is 0.0695. The molecule has 4 rings (SSSR count). The normalized spacial score (nSPS) is 13.8. The summed E-state index contributed by atoms with van der Waals surface area (Å²) < 4.78 is 1.26. The fraction of sp³-hybridized carbons (Fsp3) is 0.348. The first-order valence-electron chi connectivity index (χ1n) is 9.73. The van der Waals surface area contributed by atoms with Crippen molar-refractivity contribution in [3.8, 4) is 0 Å². The molecule has 6 nitrogen and oxygen atoms in total. The molecule has 2 aliphatic rings. The minimum Gasteiger partial charge on any atom is -0.478 e. The number of halogens is 1. The monoisotopic (exact) mass is 518 g/mol. The third-order valence-corrected chi connectivity index (χ3v) is 7.82. The van der Waals surface area contributed by atoms with Crippen LogP contribution in [0.3, 0.4) is 0 Å². The van der Waals surface area contributed by atoms with Gasteiger partial charge < -0.3 is 16.6 Å². The van der Waals surface area contributed by atoms with Crippen LogP contribution in [0.4, 0.5) is 0 Å². The van der Waals surface area contributed by atoms with Crippen LogP contribution in [-0.2, 0) is 13.1 Å². The van der Waals surface area contributed by atoms with Gasteiger partial charge in [-0.25, -0.2) is 4.79 Å². The van der Waals surface area contributed by atoms with E-state index in [-0.39, 0.29) is 0 Å². The van der Waals surface area contributed by atoms with Crippen LogP contribution in [-0.4, -0.2) is 22.7 Å². The first-order valence-corrected chi connectivity index (χ1v) is 10.8. The largest absolute Gasteiger partial charge is 0.478 e. The maximum atomic E-state index is 11.3. The molecule has 7 heteroatoms. The highest BCUT2D eigenvalue weighted by Crippen LogP contribution is 2.32. The van der Waals surface area contributed by atoms with Crippen molar-refractivity contribution in [2.75, 3.05) is 0 Å². The number of aliphatic imine (C=N–C) groups is 2. The van der Waals surface area contributed by atoms with Crippen LogP contribution < -0.4 is 11.5 Å². The number of hydrogen-bond acceptors (Lipinski definition) is 5. The van der Waals surface area contributed by atoms with Gasteiger partial charge in [-0.3, -0.25) is 9.98 Å². The van der Waals surface area contributed by atoms with E-state index in [1.165, 1.54) is 31.4 Å². The van der Waals surface area contributed by atoms with Crippen LogP contribution in [0.1, 0.15) is 66.0 Å². The number of fused-ring (bicyclic) bond motifs is 2. The third kappa shape index (κ3) is 3.38. The van der Waals surface area contributed by atoms with Crippen LogP contribution in [0, 0.1) is 45.1 Å². The molecular weight excluding hydrogens is 491 g/mol. The third-order valence-electron chi connectivity index (χ3n) is 6.47. The zero-order valence-electron chi connectivity index (χ0n) is 18.2. The molecule has 5 N–H and O–H groups in total. The molecule has 0 bridgehead atoms. The molecule has 0 atom stereocenters. The SMILES string of the molecule is Cc1c(C)c(I)c2c(c1C)CN=C2N.Cc1c(C)c2c(c(C(=O)O)c1C)C(N)=NC2. The van der Waals surface area contributed by atoms with Crippen LogP contribution in [0.2, 0.25) is 0 Å². The van der Waals surface area contributed by atoms with Crippen molar-refractivity contribution in [3.63, 3.8) is 0 Å². The number of carbonyl (C=O) groups is 1. The Hall–Kier alpha value is -2.42. The number of amidine groups is 2. The highest BCUT2D eigenvalue weighted by atomic mass is 127. The predicted octanol–water partition coefficient (Wildman–Crippen LogP) is 3.96. The molecule has 0 fully saturated rings. The Bertz CT molecular complexity index is 1160. The van der Waals surface area contributed by atoms with Gasteiger partial charge in [-0.05, 0) is 109 Å². The molecule has 0 aliphatic carbocycles. The van der Waals surface area contributed by atoms with Gasteiger partial charge >= 0.3 is 5.97 Å². The molecule has 0 radical (unpaired) electrons.